The van der Waals surface area contributed by atoms with Crippen LogP contribution in [-0.4, -0.2) is 87.2 Å². The van der Waals surface area contributed by atoms with E-state index in [1.165, 1.54) is 11.6 Å². The summed E-state index contributed by atoms with van der Waals surface area (Å²) in [7, 11) is 5.73. The zero-order valence-corrected chi connectivity index (χ0v) is 32.9. The highest BCUT2D eigenvalue weighted by Crippen LogP contribution is 2.43. The maximum absolute atomic E-state index is 15.5. The molecule has 1 atom stereocenters. The van der Waals surface area contributed by atoms with E-state index >= 15 is 4.39 Å². The lowest BCUT2D eigenvalue weighted by Gasteiger charge is -2.39. The number of imide groups is 1. The predicted octanol–water partition coefficient (Wildman–Crippen LogP) is 5.78. The third-order valence-corrected chi connectivity index (χ3v) is 12.8. The molecular weight excluding hydrogens is 708 g/mol. The molecule has 2 amide bonds. The van der Waals surface area contributed by atoms with Crippen LogP contribution in [0.3, 0.4) is 0 Å². The first-order chi connectivity index (χ1) is 27.0. The summed E-state index contributed by atoms with van der Waals surface area (Å²) in [4.78, 5) is 48.2. The van der Waals surface area contributed by atoms with Gasteiger partial charge in [-0.2, -0.15) is 5.26 Å². The van der Waals surface area contributed by atoms with Gasteiger partial charge in [0.2, 0.25) is 11.8 Å². The molecule has 56 heavy (non-hydrogen) atoms. The summed E-state index contributed by atoms with van der Waals surface area (Å²) >= 11 is 0. The molecule has 11 nitrogen and oxygen atoms in total. The standard InChI is InChI=1S/C44H51FN8O3/c1-28-21-34-39(50(4)44(28)56)23-32(24-40(34)53-20-19-48(2)37-7-5-30(26-46)22-41(37)53)31-13-15-51(16-14-31)27-29-11-17-52(18-12-29)36-8-6-33(25-35(36)45)49(3)38-9-10-42(54)47-43(38)55/h5-8,21-25,29,31,38H,9-20,27H2,1-4H3,(H,47,54,55). The molecule has 4 aromatic rings. The van der Waals surface area contributed by atoms with Crippen LogP contribution in [0.1, 0.15) is 61.1 Å². The van der Waals surface area contributed by atoms with Gasteiger partial charge in [0, 0.05) is 76.9 Å². The van der Waals surface area contributed by atoms with E-state index in [1.807, 2.05) is 50.4 Å². The Bertz CT molecular complexity index is 2280. The van der Waals surface area contributed by atoms with Crippen molar-refractivity contribution in [2.75, 3.05) is 79.5 Å². The highest BCUT2D eigenvalue weighted by molar-refractivity contribution is 6.01. The number of piperidine rings is 3. The molecule has 5 heterocycles. The molecule has 3 fully saturated rings. The molecule has 0 saturated carbocycles. The van der Waals surface area contributed by atoms with Crippen molar-refractivity contribution in [3.8, 4) is 6.07 Å². The van der Waals surface area contributed by atoms with Gasteiger partial charge in [-0.1, -0.05) is 0 Å². The Kier molecular flexibility index (Phi) is 10.2. The van der Waals surface area contributed by atoms with Gasteiger partial charge in [-0.15, -0.1) is 0 Å². The van der Waals surface area contributed by atoms with E-state index in [1.54, 1.807) is 16.5 Å². The van der Waals surface area contributed by atoms with Crippen LogP contribution in [0.25, 0.3) is 10.9 Å². The minimum atomic E-state index is -0.497. The fraction of sp³-hybridized carbons (Fsp3) is 0.455. The van der Waals surface area contributed by atoms with Gasteiger partial charge in [0.15, 0.2) is 0 Å². The Morgan fingerprint density at radius 3 is 2.30 bits per heavy atom. The van der Waals surface area contributed by atoms with E-state index < -0.39 is 6.04 Å². The van der Waals surface area contributed by atoms with Crippen LogP contribution in [0.5, 0.6) is 0 Å². The highest BCUT2D eigenvalue weighted by atomic mass is 19.1. The number of anilines is 5. The van der Waals surface area contributed by atoms with Crippen LogP contribution in [0.15, 0.2) is 59.4 Å². The van der Waals surface area contributed by atoms with Gasteiger partial charge >= 0.3 is 0 Å². The molecule has 3 saturated heterocycles. The number of pyridine rings is 1. The van der Waals surface area contributed by atoms with Crippen molar-refractivity contribution in [3.63, 3.8) is 0 Å². The third-order valence-electron chi connectivity index (χ3n) is 12.8. The Balaban J connectivity index is 0.927. The summed E-state index contributed by atoms with van der Waals surface area (Å²) < 4.78 is 17.3. The Morgan fingerprint density at radius 1 is 0.839 bits per heavy atom. The number of benzene rings is 3. The van der Waals surface area contributed by atoms with E-state index in [2.05, 4.69) is 50.2 Å². The molecule has 1 N–H and O–H groups in total. The summed E-state index contributed by atoms with van der Waals surface area (Å²) in [6, 6.07) is 19.5. The predicted molar refractivity (Wildman–Crippen MR) is 220 cm³/mol. The molecule has 3 aromatic carbocycles. The molecule has 4 aliphatic heterocycles. The van der Waals surface area contributed by atoms with Gasteiger partial charge in [-0.05, 0) is 124 Å². The number of likely N-dealkylation sites (N-methyl/N-ethyl adjacent to an activating group) is 2. The second-order valence-electron chi connectivity index (χ2n) is 16.3. The van der Waals surface area contributed by atoms with Crippen molar-refractivity contribution in [1.82, 2.24) is 14.8 Å². The summed E-state index contributed by atoms with van der Waals surface area (Å²) in [5.74, 6) is 0.0162. The number of nitrogens with one attached hydrogen (secondary N) is 1. The van der Waals surface area contributed by atoms with Crippen molar-refractivity contribution in [2.24, 2.45) is 13.0 Å². The number of hydrogen-bond acceptors (Lipinski definition) is 9. The number of likely N-dealkylation sites (tertiary alicyclic amines) is 1. The Morgan fingerprint density at radius 2 is 1.59 bits per heavy atom. The van der Waals surface area contributed by atoms with Crippen molar-refractivity contribution in [3.05, 3.63) is 87.5 Å². The summed E-state index contributed by atoms with van der Waals surface area (Å²) in [6.45, 7) is 8.14. The van der Waals surface area contributed by atoms with Crippen molar-refractivity contribution < 1.29 is 14.0 Å². The SMILES string of the molecule is Cc1cc2c(N3CCN(C)c4ccc(C#N)cc43)cc(C3CCN(CC4CCN(c5ccc(N(C)C6CCC(=O)NC6=O)cc5F)CC4)CC3)cc2n(C)c1=O. The lowest BCUT2D eigenvalue weighted by molar-refractivity contribution is -0.134. The molecule has 0 radical (unpaired) electrons. The normalized spacial score (nSPS) is 19.9. The summed E-state index contributed by atoms with van der Waals surface area (Å²) in [5, 5.41) is 13.2. The van der Waals surface area contributed by atoms with Crippen LogP contribution in [0.4, 0.5) is 32.8 Å². The first-order valence-corrected chi connectivity index (χ1v) is 20.0. The van der Waals surface area contributed by atoms with E-state index in [4.69, 9.17) is 0 Å². The lowest BCUT2D eigenvalue weighted by Crippen LogP contribution is -2.51. The van der Waals surface area contributed by atoms with Gasteiger partial charge in [0.05, 0.1) is 39.9 Å². The van der Waals surface area contributed by atoms with Gasteiger partial charge < -0.3 is 29.1 Å². The average molecular weight is 759 g/mol. The largest absolute Gasteiger partial charge is 0.371 e. The number of nitrogens with zero attached hydrogens (tertiary/aromatic N) is 7. The van der Waals surface area contributed by atoms with Crippen LogP contribution >= 0.6 is 0 Å². The fourth-order valence-electron chi connectivity index (χ4n) is 9.43. The van der Waals surface area contributed by atoms with Crippen LogP contribution in [0.2, 0.25) is 0 Å². The third kappa shape index (κ3) is 7.09. The number of nitriles is 1. The molecule has 0 bridgehead atoms. The molecular formula is C44H51FN8O3. The fourth-order valence-corrected chi connectivity index (χ4v) is 9.43. The van der Waals surface area contributed by atoms with E-state index in [0.717, 1.165) is 99.5 Å². The number of carbonyl (C=O) groups is 2. The number of hydrogen-bond donors (Lipinski definition) is 1. The molecule has 1 aromatic heterocycles. The monoisotopic (exact) mass is 758 g/mol. The number of aromatic nitrogens is 1. The first-order valence-electron chi connectivity index (χ1n) is 20.0. The summed E-state index contributed by atoms with van der Waals surface area (Å²) in [5.41, 5.74) is 7.96. The summed E-state index contributed by atoms with van der Waals surface area (Å²) in [6.07, 6.45) is 4.76. The molecule has 1 unspecified atom stereocenters. The average Bonchev–Trinajstić information content (AvgIpc) is 3.20. The molecule has 8 rings (SSSR count). The van der Waals surface area contributed by atoms with Gasteiger partial charge in [-0.25, -0.2) is 4.39 Å². The van der Waals surface area contributed by atoms with Gasteiger partial charge in [0.25, 0.3) is 5.56 Å². The number of halogens is 1. The van der Waals surface area contributed by atoms with Crippen molar-refractivity contribution in [1.29, 1.82) is 5.26 Å². The molecule has 4 aliphatic rings. The number of rotatable bonds is 7. The van der Waals surface area contributed by atoms with E-state index in [9.17, 15) is 19.6 Å². The van der Waals surface area contributed by atoms with Gasteiger partial charge in [0.1, 0.15) is 11.9 Å². The van der Waals surface area contributed by atoms with Crippen LogP contribution in [0, 0.1) is 30.0 Å². The molecule has 12 heteroatoms. The van der Waals surface area contributed by atoms with Crippen LogP contribution < -0.4 is 30.5 Å². The van der Waals surface area contributed by atoms with Crippen LogP contribution in [-0.2, 0) is 16.6 Å². The first kappa shape index (κ1) is 37.5. The lowest BCUT2D eigenvalue weighted by atomic mass is 9.87. The van der Waals surface area contributed by atoms with Crippen molar-refractivity contribution >= 4 is 51.2 Å². The highest BCUT2D eigenvalue weighted by Gasteiger charge is 2.32. The van der Waals surface area contributed by atoms with Crippen molar-refractivity contribution in [2.45, 2.75) is 57.4 Å². The molecule has 292 valence electrons. The quantitative estimate of drug-likeness (QED) is 0.235. The number of aryl methyl sites for hydroxylation is 2. The maximum atomic E-state index is 15.5. The van der Waals surface area contributed by atoms with E-state index in [-0.39, 0.29) is 29.6 Å². The molecule has 0 aliphatic carbocycles. The van der Waals surface area contributed by atoms with Gasteiger partial charge in [-0.3, -0.25) is 19.7 Å². The topological polar surface area (TPSA) is 108 Å². The second-order valence-corrected chi connectivity index (χ2v) is 16.3. The zero-order valence-electron chi connectivity index (χ0n) is 32.9. The smallest absolute Gasteiger partial charge is 0.253 e. The van der Waals surface area contributed by atoms with E-state index in [0.29, 0.717) is 40.8 Å². The maximum Gasteiger partial charge on any atom is 0.253 e. The zero-order chi connectivity index (χ0) is 39.2. The minimum absolute atomic E-state index is 0.0177. The Hall–Kier alpha value is -5.41. The second kappa shape index (κ2) is 15.3. The molecule has 0 spiro atoms. The number of amides is 2. The minimum Gasteiger partial charge on any atom is -0.371 e. The number of carbonyl (C=O) groups excluding carboxylic acids is 2. The Labute approximate surface area is 327 Å². The number of fused-ring (bicyclic) bond motifs is 2.